The zero-order valence-corrected chi connectivity index (χ0v) is 14.2. The van der Waals surface area contributed by atoms with Gasteiger partial charge in [0, 0.05) is 0 Å². The van der Waals surface area contributed by atoms with Gasteiger partial charge in [-0.05, 0) is 47.2 Å². The highest BCUT2D eigenvalue weighted by atomic mass is 16.4. The van der Waals surface area contributed by atoms with E-state index in [-0.39, 0.29) is 22.3 Å². The number of aromatic carboxylic acids is 4. The monoisotopic (exact) mass is 382 g/mol. The molecule has 0 saturated carbocycles. The molecule has 3 aromatic carbocycles. The topological polar surface area (TPSA) is 149 Å². The van der Waals surface area contributed by atoms with Crippen LogP contribution in [0.4, 0.5) is 0 Å². The van der Waals surface area contributed by atoms with Crippen LogP contribution in [0, 0.1) is 0 Å². The number of carboxylic acid groups (broad SMARTS) is 4. The maximum absolute atomic E-state index is 10.9. The van der Waals surface area contributed by atoms with Crippen LogP contribution in [0.15, 0.2) is 60.7 Å². The van der Waals surface area contributed by atoms with E-state index in [2.05, 4.69) is 0 Å². The lowest BCUT2D eigenvalue weighted by Crippen LogP contribution is -2.01. The van der Waals surface area contributed by atoms with Gasteiger partial charge in [-0.1, -0.05) is 24.3 Å². The molecule has 0 heterocycles. The van der Waals surface area contributed by atoms with E-state index in [0.717, 1.165) is 0 Å². The third kappa shape index (κ3) is 4.50. The normalized spacial score (nSPS) is 9.86. The molecule has 28 heavy (non-hydrogen) atoms. The van der Waals surface area contributed by atoms with Crippen molar-refractivity contribution in [2.75, 3.05) is 0 Å². The molecule has 0 amide bonds. The molecular formula is C20H14O8. The summed E-state index contributed by atoms with van der Waals surface area (Å²) in [6, 6.07) is 14.2. The van der Waals surface area contributed by atoms with Crippen LogP contribution >= 0.6 is 0 Å². The fourth-order valence-electron chi connectivity index (χ4n) is 2.44. The fraction of sp³-hybridized carbons (Fsp3) is 0. The lowest BCUT2D eigenvalue weighted by Gasteiger charge is -2.04. The van der Waals surface area contributed by atoms with E-state index in [1.807, 2.05) is 0 Å². The van der Waals surface area contributed by atoms with Crippen LogP contribution in [0.3, 0.4) is 0 Å². The molecule has 8 nitrogen and oxygen atoms in total. The minimum absolute atomic E-state index is 0.0833. The number of hydrogen-bond donors (Lipinski definition) is 4. The molecule has 0 aromatic heterocycles. The van der Waals surface area contributed by atoms with Crippen molar-refractivity contribution < 1.29 is 39.6 Å². The highest BCUT2D eigenvalue weighted by molar-refractivity contribution is 6.10. The predicted molar refractivity (Wildman–Crippen MR) is 98.2 cm³/mol. The Kier molecular flexibility index (Phi) is 6.07. The molecule has 0 bridgehead atoms. The van der Waals surface area contributed by atoms with Crippen LogP contribution in [-0.4, -0.2) is 44.3 Å². The second-order valence-electron chi connectivity index (χ2n) is 5.50. The van der Waals surface area contributed by atoms with Crippen molar-refractivity contribution in [3.05, 3.63) is 82.9 Å². The van der Waals surface area contributed by atoms with Gasteiger partial charge in [-0.3, -0.25) is 0 Å². The van der Waals surface area contributed by atoms with Gasteiger partial charge in [0.2, 0.25) is 0 Å². The molecule has 0 unspecified atom stereocenters. The number of rotatable bonds is 4. The van der Waals surface area contributed by atoms with Crippen LogP contribution in [0.1, 0.15) is 41.4 Å². The molecule has 4 N–H and O–H groups in total. The molecule has 0 saturated heterocycles. The zero-order valence-electron chi connectivity index (χ0n) is 14.2. The van der Waals surface area contributed by atoms with Crippen molar-refractivity contribution in [2.24, 2.45) is 0 Å². The number of hydrogen-bond acceptors (Lipinski definition) is 4. The van der Waals surface area contributed by atoms with Gasteiger partial charge in [0.05, 0.1) is 22.3 Å². The first-order valence-electron chi connectivity index (χ1n) is 7.77. The van der Waals surface area contributed by atoms with Crippen molar-refractivity contribution in [3.63, 3.8) is 0 Å². The minimum atomic E-state index is -1.06. The van der Waals surface area contributed by atoms with Gasteiger partial charge < -0.3 is 20.4 Å². The van der Waals surface area contributed by atoms with E-state index in [1.165, 1.54) is 48.5 Å². The van der Waals surface area contributed by atoms with Crippen molar-refractivity contribution in [2.45, 2.75) is 0 Å². The number of fused-ring (bicyclic) bond motifs is 1. The summed E-state index contributed by atoms with van der Waals surface area (Å²) in [6.45, 7) is 0. The van der Waals surface area contributed by atoms with Gasteiger partial charge in [-0.25, -0.2) is 19.2 Å². The van der Waals surface area contributed by atoms with Gasteiger partial charge in [0.25, 0.3) is 0 Å². The molecular weight excluding hydrogens is 368 g/mol. The molecule has 0 aliphatic rings. The van der Waals surface area contributed by atoms with Crippen molar-refractivity contribution in [1.82, 2.24) is 0 Å². The fourth-order valence-corrected chi connectivity index (χ4v) is 2.44. The average molecular weight is 382 g/mol. The molecule has 8 heteroatoms. The van der Waals surface area contributed by atoms with Crippen LogP contribution in [0.2, 0.25) is 0 Å². The summed E-state index contributed by atoms with van der Waals surface area (Å²) in [5.41, 5.74) is 0.390. The van der Waals surface area contributed by atoms with Crippen molar-refractivity contribution in [1.29, 1.82) is 0 Å². The van der Waals surface area contributed by atoms with E-state index in [9.17, 15) is 19.2 Å². The average Bonchev–Trinajstić information content (AvgIpc) is 2.67. The first-order chi connectivity index (χ1) is 13.2. The van der Waals surface area contributed by atoms with Gasteiger partial charge in [0.15, 0.2) is 0 Å². The van der Waals surface area contributed by atoms with E-state index in [1.54, 1.807) is 12.1 Å². The van der Waals surface area contributed by atoms with E-state index in [4.69, 9.17) is 20.4 Å². The molecule has 0 aliphatic heterocycles. The summed E-state index contributed by atoms with van der Waals surface area (Å²) in [5, 5.41) is 35.7. The SMILES string of the molecule is O=C(O)c1ccc(C(=O)O)cc1.O=C(O)c1cccc2c(C(=O)O)cccc12. The summed E-state index contributed by atoms with van der Waals surface area (Å²) in [7, 11) is 0. The summed E-state index contributed by atoms with van der Waals surface area (Å²) < 4.78 is 0. The van der Waals surface area contributed by atoms with Crippen LogP contribution < -0.4 is 0 Å². The van der Waals surface area contributed by atoms with Crippen molar-refractivity contribution >= 4 is 34.6 Å². The van der Waals surface area contributed by atoms with Gasteiger partial charge in [0.1, 0.15) is 0 Å². The maximum atomic E-state index is 10.9. The first-order valence-corrected chi connectivity index (χ1v) is 7.77. The number of carbonyl (C=O) groups is 4. The maximum Gasteiger partial charge on any atom is 0.336 e. The molecule has 0 radical (unpaired) electrons. The molecule has 0 fully saturated rings. The third-order valence-corrected chi connectivity index (χ3v) is 3.76. The van der Waals surface area contributed by atoms with Gasteiger partial charge in [-0.15, -0.1) is 0 Å². The van der Waals surface area contributed by atoms with Gasteiger partial charge >= 0.3 is 23.9 Å². The predicted octanol–water partition coefficient (Wildman–Crippen LogP) is 3.32. The Morgan fingerprint density at radius 2 is 0.786 bits per heavy atom. The van der Waals surface area contributed by atoms with Crippen LogP contribution in [0.5, 0.6) is 0 Å². The summed E-state index contributed by atoms with van der Waals surface area (Å²) in [4.78, 5) is 42.6. The Hall–Kier alpha value is -4.20. The molecule has 0 atom stereocenters. The lowest BCUT2D eigenvalue weighted by atomic mass is 10.0. The quantitative estimate of drug-likeness (QED) is 0.537. The molecule has 142 valence electrons. The Labute approximate surface area is 157 Å². The van der Waals surface area contributed by atoms with E-state index in [0.29, 0.717) is 10.8 Å². The standard InChI is InChI=1S/C12H8O4.C8H6O4/c13-11(14)9-5-1-3-7-8(9)4-2-6-10(7)12(15)16;9-7(10)5-1-2-6(4-3-5)8(11)12/h1-6H,(H,13,14)(H,15,16);1-4H,(H,9,10)(H,11,12). The highest BCUT2D eigenvalue weighted by Crippen LogP contribution is 2.22. The minimum Gasteiger partial charge on any atom is -0.478 e. The smallest absolute Gasteiger partial charge is 0.336 e. The molecule has 3 rings (SSSR count). The third-order valence-electron chi connectivity index (χ3n) is 3.76. The Balaban J connectivity index is 0.000000209. The van der Waals surface area contributed by atoms with Crippen LogP contribution in [-0.2, 0) is 0 Å². The Bertz CT molecular complexity index is 981. The highest BCUT2D eigenvalue weighted by Gasteiger charge is 2.12. The van der Waals surface area contributed by atoms with Gasteiger partial charge in [-0.2, -0.15) is 0 Å². The Morgan fingerprint density at radius 1 is 0.464 bits per heavy atom. The van der Waals surface area contributed by atoms with E-state index < -0.39 is 23.9 Å². The second-order valence-corrected chi connectivity index (χ2v) is 5.50. The number of carboxylic acids is 4. The largest absolute Gasteiger partial charge is 0.478 e. The zero-order chi connectivity index (χ0) is 20.8. The molecule has 0 aliphatic carbocycles. The molecule has 0 spiro atoms. The van der Waals surface area contributed by atoms with Crippen molar-refractivity contribution in [3.8, 4) is 0 Å². The van der Waals surface area contributed by atoms with Crippen LogP contribution in [0.25, 0.3) is 10.8 Å². The summed E-state index contributed by atoms with van der Waals surface area (Å²) in [5.74, 6) is -4.25. The number of benzene rings is 3. The summed E-state index contributed by atoms with van der Waals surface area (Å²) in [6.07, 6.45) is 0. The molecule has 3 aromatic rings. The summed E-state index contributed by atoms with van der Waals surface area (Å²) >= 11 is 0. The van der Waals surface area contributed by atoms with E-state index >= 15 is 0 Å². The second kappa shape index (κ2) is 8.45. The Morgan fingerprint density at radius 3 is 1.04 bits per heavy atom. The first kappa shape index (κ1) is 20.1. The lowest BCUT2D eigenvalue weighted by molar-refractivity contribution is 0.0681.